The Morgan fingerprint density at radius 3 is 0.382 bits per heavy atom. The first-order valence-corrected chi connectivity index (χ1v) is 28.3. The van der Waals surface area contributed by atoms with E-state index in [2.05, 4.69) is 13.8 Å². The van der Waals surface area contributed by atoms with Crippen molar-refractivity contribution in [3.8, 4) is 0 Å². The van der Waals surface area contributed by atoms with Crippen molar-refractivity contribution in [2.24, 2.45) is 0 Å². The molecule has 0 unspecified atom stereocenters. The highest BCUT2D eigenvalue weighted by atomic mass is 31.1. The summed E-state index contributed by atoms with van der Waals surface area (Å²) in [4.78, 5) is 0. The van der Waals surface area contributed by atoms with E-state index in [9.17, 15) is 0 Å². The molecule has 0 aromatic carbocycles. The SMILES string of the molecule is CCCCCCCCCCCCCCCCCCCCCCCCCCC[P]CCCCCCCCCCCCCCCCCCCCCCCCCCC. The molecule has 1 radical (unpaired) electrons. The Balaban J connectivity index is 3.05. The highest BCUT2D eigenvalue weighted by Gasteiger charge is 1.99. The van der Waals surface area contributed by atoms with Gasteiger partial charge in [-0.25, -0.2) is 0 Å². The van der Waals surface area contributed by atoms with Crippen LogP contribution in [0.5, 0.6) is 0 Å². The van der Waals surface area contributed by atoms with Crippen molar-refractivity contribution in [1.82, 2.24) is 0 Å². The van der Waals surface area contributed by atoms with Gasteiger partial charge in [0.15, 0.2) is 0 Å². The quantitative estimate of drug-likeness (QED) is 0.0425. The zero-order valence-corrected chi connectivity index (χ0v) is 40.1. The van der Waals surface area contributed by atoms with Crippen LogP contribution in [-0.4, -0.2) is 12.3 Å². The van der Waals surface area contributed by atoms with E-state index >= 15 is 0 Å². The van der Waals surface area contributed by atoms with E-state index in [1.165, 1.54) is 333 Å². The Hall–Kier alpha value is 0.430. The van der Waals surface area contributed by atoms with Crippen LogP contribution in [0.15, 0.2) is 0 Å². The molecule has 0 heterocycles. The van der Waals surface area contributed by atoms with Crippen LogP contribution in [0.3, 0.4) is 0 Å². The van der Waals surface area contributed by atoms with Gasteiger partial charge in [0.25, 0.3) is 0 Å². The first-order chi connectivity index (χ1) is 27.4. The maximum atomic E-state index is 2.31. The molecule has 0 fully saturated rings. The van der Waals surface area contributed by atoms with Crippen LogP contribution in [0.1, 0.15) is 335 Å². The second kappa shape index (κ2) is 54.4. The maximum Gasteiger partial charge on any atom is -0.0287 e. The minimum absolute atomic E-state index is 1.37. The molecule has 331 valence electrons. The average molecular weight is 790 g/mol. The Morgan fingerprint density at radius 1 is 0.145 bits per heavy atom. The van der Waals surface area contributed by atoms with Crippen LogP contribution in [-0.2, 0) is 0 Å². The summed E-state index contributed by atoms with van der Waals surface area (Å²) in [5.41, 5.74) is 0. The van der Waals surface area contributed by atoms with Crippen LogP contribution in [0.4, 0.5) is 0 Å². The lowest BCUT2D eigenvalue weighted by Gasteiger charge is -2.05. The van der Waals surface area contributed by atoms with Crippen LogP contribution in [0.2, 0.25) is 0 Å². The zero-order valence-electron chi connectivity index (χ0n) is 39.2. The highest BCUT2D eigenvalue weighted by Crippen LogP contribution is 2.20. The fraction of sp³-hybridized carbons (Fsp3) is 1.00. The van der Waals surface area contributed by atoms with Gasteiger partial charge in [0.05, 0.1) is 0 Å². The summed E-state index contributed by atoms with van der Waals surface area (Å²) in [5.74, 6) is 0. The summed E-state index contributed by atoms with van der Waals surface area (Å²) >= 11 is 0. The fourth-order valence-corrected chi connectivity index (χ4v) is 9.96. The van der Waals surface area contributed by atoms with E-state index in [0.717, 1.165) is 0 Å². The van der Waals surface area contributed by atoms with Gasteiger partial charge in [0.1, 0.15) is 0 Å². The van der Waals surface area contributed by atoms with Gasteiger partial charge in [-0.05, 0) is 25.2 Å². The number of hydrogen-bond acceptors (Lipinski definition) is 0. The summed E-state index contributed by atoms with van der Waals surface area (Å²) < 4.78 is 0. The van der Waals surface area contributed by atoms with E-state index in [4.69, 9.17) is 0 Å². The number of rotatable bonds is 52. The minimum atomic E-state index is 1.37. The molecule has 55 heavy (non-hydrogen) atoms. The lowest BCUT2D eigenvalue weighted by atomic mass is 10.0. The molecule has 0 rings (SSSR count). The lowest BCUT2D eigenvalue weighted by Crippen LogP contribution is -1.86. The number of hydrogen-bond donors (Lipinski definition) is 0. The second-order valence-electron chi connectivity index (χ2n) is 18.6. The molecule has 0 bridgehead atoms. The van der Waals surface area contributed by atoms with Crippen LogP contribution in [0, 0.1) is 0 Å². The predicted octanol–water partition coefficient (Wildman–Crippen LogP) is 21.5. The molecule has 0 amide bonds. The van der Waals surface area contributed by atoms with Crippen molar-refractivity contribution >= 4 is 8.58 Å². The van der Waals surface area contributed by atoms with Gasteiger partial charge in [-0.1, -0.05) is 331 Å². The molecule has 0 aliphatic rings. The molecule has 0 aromatic heterocycles. The third-order valence-electron chi connectivity index (χ3n) is 12.8. The normalized spacial score (nSPS) is 11.7. The lowest BCUT2D eigenvalue weighted by molar-refractivity contribution is 0.517. The summed E-state index contributed by atoms with van der Waals surface area (Å²) in [6.45, 7) is 4.63. The molecule has 1 heteroatoms. The van der Waals surface area contributed by atoms with Crippen molar-refractivity contribution in [2.45, 2.75) is 335 Å². The number of unbranched alkanes of at least 4 members (excludes halogenated alkanes) is 48. The molecule has 0 nitrogen and oxygen atoms in total. The van der Waals surface area contributed by atoms with Crippen molar-refractivity contribution in [2.75, 3.05) is 12.3 Å². The molecule has 0 saturated heterocycles. The molecule has 0 spiro atoms. The third kappa shape index (κ3) is 54.4. The fourth-order valence-electron chi connectivity index (χ4n) is 8.84. The van der Waals surface area contributed by atoms with Crippen LogP contribution in [0.25, 0.3) is 0 Å². The van der Waals surface area contributed by atoms with E-state index in [-0.39, 0.29) is 0 Å². The Kier molecular flexibility index (Phi) is 54.9. The highest BCUT2D eigenvalue weighted by molar-refractivity contribution is 7.37. The summed E-state index contributed by atoms with van der Waals surface area (Å²) in [6, 6.07) is 0. The third-order valence-corrected chi connectivity index (χ3v) is 14.1. The van der Waals surface area contributed by atoms with Gasteiger partial charge in [-0.15, -0.1) is 0 Å². The predicted molar refractivity (Wildman–Crippen MR) is 259 cm³/mol. The first-order valence-electron chi connectivity index (χ1n) is 27.0. The Labute approximate surface area is 354 Å². The standard InChI is InChI=1S/C54H110P/c1-3-5-7-9-11-13-15-17-19-21-23-25-27-29-31-33-35-37-39-41-43-45-47-49-51-53-55-54-52-50-48-46-44-42-40-38-36-34-32-30-28-26-24-22-20-18-16-14-12-10-8-6-4-2/h3-54H2,1-2H3. The maximum absolute atomic E-state index is 2.31. The van der Waals surface area contributed by atoms with E-state index in [1.54, 1.807) is 8.58 Å². The topological polar surface area (TPSA) is 0 Å². The van der Waals surface area contributed by atoms with Crippen molar-refractivity contribution in [1.29, 1.82) is 0 Å². The smallest absolute Gasteiger partial charge is 0.0287 e. The van der Waals surface area contributed by atoms with E-state index in [1.807, 2.05) is 0 Å². The molecule has 0 atom stereocenters. The molecule has 0 N–H and O–H groups in total. The van der Waals surface area contributed by atoms with Crippen molar-refractivity contribution in [3.05, 3.63) is 0 Å². The molecule has 0 aliphatic carbocycles. The zero-order chi connectivity index (χ0) is 39.5. The minimum Gasteiger partial charge on any atom is -0.0810 e. The van der Waals surface area contributed by atoms with Gasteiger partial charge in [-0.2, -0.15) is 0 Å². The Bertz CT molecular complexity index is 562. The molecular formula is C54H110P. The van der Waals surface area contributed by atoms with Gasteiger partial charge in [0.2, 0.25) is 0 Å². The molecule has 0 aromatic rings. The average Bonchev–Trinajstić information content (AvgIpc) is 3.20. The largest absolute Gasteiger partial charge is 0.0810 e. The van der Waals surface area contributed by atoms with Crippen molar-refractivity contribution in [3.63, 3.8) is 0 Å². The monoisotopic (exact) mass is 790 g/mol. The molecule has 0 saturated carbocycles. The van der Waals surface area contributed by atoms with Crippen LogP contribution >= 0.6 is 8.58 Å². The molecular weight excluding hydrogens is 680 g/mol. The van der Waals surface area contributed by atoms with Gasteiger partial charge < -0.3 is 0 Å². The van der Waals surface area contributed by atoms with Crippen molar-refractivity contribution < 1.29 is 0 Å². The first kappa shape index (κ1) is 55.4. The van der Waals surface area contributed by atoms with Gasteiger partial charge in [0, 0.05) is 0 Å². The summed E-state index contributed by atoms with van der Waals surface area (Å²) in [7, 11) is 1.75. The summed E-state index contributed by atoms with van der Waals surface area (Å²) in [6.07, 6.45) is 77.2. The second-order valence-corrected chi connectivity index (χ2v) is 20.0. The Morgan fingerprint density at radius 2 is 0.255 bits per heavy atom. The molecule has 0 aliphatic heterocycles. The van der Waals surface area contributed by atoms with Gasteiger partial charge >= 0.3 is 0 Å². The van der Waals surface area contributed by atoms with E-state index < -0.39 is 0 Å². The van der Waals surface area contributed by atoms with E-state index in [0.29, 0.717) is 0 Å². The van der Waals surface area contributed by atoms with Crippen LogP contribution < -0.4 is 0 Å². The summed E-state index contributed by atoms with van der Waals surface area (Å²) in [5, 5.41) is 0. The van der Waals surface area contributed by atoms with Gasteiger partial charge in [-0.3, -0.25) is 0 Å².